The largest absolute Gasteiger partial charge is 0.316 e. The van der Waals surface area contributed by atoms with Crippen molar-refractivity contribution in [3.63, 3.8) is 0 Å². The Balaban J connectivity index is 2.92. The highest BCUT2D eigenvalue weighted by Crippen LogP contribution is 2.12. The molecule has 0 bridgehead atoms. The zero-order chi connectivity index (χ0) is 14.9. The summed E-state index contributed by atoms with van der Waals surface area (Å²) in [7, 11) is 0. The number of hydrogen-bond donors (Lipinski definition) is 2. The van der Waals surface area contributed by atoms with E-state index in [4.69, 9.17) is 5.73 Å². The highest BCUT2D eigenvalue weighted by molar-refractivity contribution is 4.53. The zero-order valence-corrected chi connectivity index (χ0v) is 14.3. The molecule has 1 unspecified atom stereocenters. The Morgan fingerprint density at radius 3 is 1.35 bits per heavy atom. The van der Waals surface area contributed by atoms with Gasteiger partial charge in [-0.25, -0.2) is 0 Å². The third-order valence-electron chi connectivity index (χ3n) is 4.00. The van der Waals surface area contributed by atoms with E-state index in [1.807, 2.05) is 6.92 Å². The van der Waals surface area contributed by atoms with Crippen LogP contribution in [0.1, 0.15) is 104 Å². The van der Waals surface area contributed by atoms with Gasteiger partial charge in [0.05, 0.1) is 6.17 Å². The maximum absolute atomic E-state index is 5.64. The average molecular weight is 285 g/mol. The lowest BCUT2D eigenvalue weighted by Crippen LogP contribution is -2.34. The average Bonchev–Trinajstić information content (AvgIpc) is 2.43. The molecule has 0 heterocycles. The molecule has 20 heavy (non-hydrogen) atoms. The fourth-order valence-electron chi connectivity index (χ4n) is 2.65. The first kappa shape index (κ1) is 19.9. The number of nitrogens with one attached hydrogen (secondary N) is 1. The van der Waals surface area contributed by atoms with Gasteiger partial charge in [0.25, 0.3) is 0 Å². The van der Waals surface area contributed by atoms with Crippen LogP contribution in [0.4, 0.5) is 0 Å². The molecule has 0 saturated heterocycles. The van der Waals surface area contributed by atoms with Gasteiger partial charge in [0, 0.05) is 0 Å². The molecule has 2 heteroatoms. The van der Waals surface area contributed by atoms with E-state index in [1.54, 1.807) is 0 Å². The summed E-state index contributed by atoms with van der Waals surface area (Å²) in [5, 5.41) is 3.27. The van der Waals surface area contributed by atoms with Crippen molar-refractivity contribution in [1.82, 2.24) is 5.32 Å². The molecule has 0 aliphatic carbocycles. The minimum absolute atomic E-state index is 0.150. The van der Waals surface area contributed by atoms with Gasteiger partial charge in [0.2, 0.25) is 0 Å². The highest BCUT2D eigenvalue weighted by atomic mass is 15.0. The van der Waals surface area contributed by atoms with Crippen LogP contribution < -0.4 is 11.1 Å². The van der Waals surface area contributed by atoms with Crippen molar-refractivity contribution in [2.45, 2.75) is 110 Å². The lowest BCUT2D eigenvalue weighted by molar-refractivity contribution is 0.511. The molecule has 0 aromatic heterocycles. The van der Waals surface area contributed by atoms with Crippen molar-refractivity contribution in [2.75, 3.05) is 6.54 Å². The minimum Gasteiger partial charge on any atom is -0.316 e. The maximum atomic E-state index is 5.64. The first-order chi connectivity index (χ1) is 9.77. The topological polar surface area (TPSA) is 38.0 Å². The van der Waals surface area contributed by atoms with Gasteiger partial charge in [-0.05, 0) is 19.9 Å². The molecule has 0 rings (SSSR count). The third-order valence-corrected chi connectivity index (χ3v) is 4.00. The molecule has 0 saturated carbocycles. The van der Waals surface area contributed by atoms with Crippen LogP contribution in [0.3, 0.4) is 0 Å². The summed E-state index contributed by atoms with van der Waals surface area (Å²) in [6.45, 7) is 5.37. The van der Waals surface area contributed by atoms with Gasteiger partial charge in [0.15, 0.2) is 0 Å². The van der Waals surface area contributed by atoms with E-state index in [2.05, 4.69) is 12.2 Å². The van der Waals surface area contributed by atoms with Crippen molar-refractivity contribution in [2.24, 2.45) is 5.73 Å². The lowest BCUT2D eigenvalue weighted by Gasteiger charge is -2.07. The van der Waals surface area contributed by atoms with Gasteiger partial charge in [0.1, 0.15) is 0 Å². The smallest absolute Gasteiger partial charge is 0.0517 e. The molecular weight excluding hydrogens is 244 g/mol. The Morgan fingerprint density at radius 2 is 1.00 bits per heavy atom. The molecule has 0 radical (unpaired) electrons. The van der Waals surface area contributed by atoms with Crippen molar-refractivity contribution < 1.29 is 0 Å². The SMILES string of the molecule is CCCCCCCCCCCCCCCCNC(C)N. The summed E-state index contributed by atoms with van der Waals surface area (Å²) in [5.41, 5.74) is 5.64. The second-order valence-corrected chi connectivity index (χ2v) is 6.34. The monoisotopic (exact) mass is 284 g/mol. The standard InChI is InChI=1S/C18H40N2/c1-3-4-5-6-7-8-9-10-11-12-13-14-15-16-17-20-18(2)19/h18,20H,3-17,19H2,1-2H3. The minimum atomic E-state index is 0.150. The van der Waals surface area contributed by atoms with Crippen LogP contribution in [0.2, 0.25) is 0 Å². The Kier molecular flexibility index (Phi) is 16.9. The second kappa shape index (κ2) is 17.0. The van der Waals surface area contributed by atoms with Crippen molar-refractivity contribution in [3.8, 4) is 0 Å². The molecule has 122 valence electrons. The van der Waals surface area contributed by atoms with Gasteiger partial charge in [-0.2, -0.15) is 0 Å². The first-order valence-corrected chi connectivity index (χ1v) is 9.26. The Bertz CT molecular complexity index is 169. The van der Waals surface area contributed by atoms with Crippen LogP contribution in [-0.4, -0.2) is 12.7 Å². The van der Waals surface area contributed by atoms with Crippen LogP contribution in [0.15, 0.2) is 0 Å². The second-order valence-electron chi connectivity index (χ2n) is 6.34. The van der Waals surface area contributed by atoms with Gasteiger partial charge in [-0.1, -0.05) is 90.4 Å². The molecule has 2 nitrogen and oxygen atoms in total. The number of rotatable bonds is 16. The highest BCUT2D eigenvalue weighted by Gasteiger charge is 1.95. The maximum Gasteiger partial charge on any atom is 0.0517 e. The van der Waals surface area contributed by atoms with Crippen molar-refractivity contribution >= 4 is 0 Å². The fraction of sp³-hybridized carbons (Fsp3) is 1.00. The fourth-order valence-corrected chi connectivity index (χ4v) is 2.65. The Labute approximate surface area is 128 Å². The summed E-state index contributed by atoms with van der Waals surface area (Å²) >= 11 is 0. The summed E-state index contributed by atoms with van der Waals surface area (Å²) in [6.07, 6.45) is 20.1. The molecule has 0 aliphatic rings. The van der Waals surface area contributed by atoms with E-state index in [0.29, 0.717) is 0 Å². The predicted molar refractivity (Wildman–Crippen MR) is 92.0 cm³/mol. The van der Waals surface area contributed by atoms with Crippen LogP contribution >= 0.6 is 0 Å². The quantitative estimate of drug-likeness (QED) is 0.296. The third kappa shape index (κ3) is 17.9. The summed E-state index contributed by atoms with van der Waals surface area (Å²) < 4.78 is 0. The van der Waals surface area contributed by atoms with E-state index in [0.717, 1.165) is 6.54 Å². The molecule has 3 N–H and O–H groups in total. The summed E-state index contributed by atoms with van der Waals surface area (Å²) in [4.78, 5) is 0. The van der Waals surface area contributed by atoms with Crippen LogP contribution in [0, 0.1) is 0 Å². The molecule has 0 spiro atoms. The number of hydrogen-bond acceptors (Lipinski definition) is 2. The van der Waals surface area contributed by atoms with E-state index >= 15 is 0 Å². The van der Waals surface area contributed by atoms with Gasteiger partial charge in [-0.15, -0.1) is 0 Å². The van der Waals surface area contributed by atoms with Crippen LogP contribution in [0.5, 0.6) is 0 Å². The molecule has 0 amide bonds. The molecule has 1 atom stereocenters. The van der Waals surface area contributed by atoms with E-state index < -0.39 is 0 Å². The molecule has 0 aromatic rings. The van der Waals surface area contributed by atoms with Crippen molar-refractivity contribution in [1.29, 1.82) is 0 Å². The molecular formula is C18H40N2. The molecule has 0 fully saturated rings. The predicted octanol–water partition coefficient (Wildman–Crippen LogP) is 5.36. The van der Waals surface area contributed by atoms with E-state index in [-0.39, 0.29) is 6.17 Å². The molecule has 0 aliphatic heterocycles. The van der Waals surface area contributed by atoms with E-state index in [1.165, 1.54) is 89.9 Å². The van der Waals surface area contributed by atoms with Gasteiger partial charge >= 0.3 is 0 Å². The number of nitrogens with two attached hydrogens (primary N) is 1. The van der Waals surface area contributed by atoms with Crippen LogP contribution in [0.25, 0.3) is 0 Å². The summed E-state index contributed by atoms with van der Waals surface area (Å²) in [6, 6.07) is 0. The Hall–Kier alpha value is -0.0800. The lowest BCUT2D eigenvalue weighted by atomic mass is 10.0. The Morgan fingerprint density at radius 1 is 0.650 bits per heavy atom. The van der Waals surface area contributed by atoms with Crippen LogP contribution in [-0.2, 0) is 0 Å². The normalized spacial score (nSPS) is 12.8. The van der Waals surface area contributed by atoms with Gasteiger partial charge in [-0.3, -0.25) is 0 Å². The summed E-state index contributed by atoms with van der Waals surface area (Å²) in [5.74, 6) is 0. The molecule has 0 aromatic carbocycles. The van der Waals surface area contributed by atoms with Gasteiger partial charge < -0.3 is 11.1 Å². The zero-order valence-electron chi connectivity index (χ0n) is 14.3. The van der Waals surface area contributed by atoms with Crippen molar-refractivity contribution in [3.05, 3.63) is 0 Å². The first-order valence-electron chi connectivity index (χ1n) is 9.26. The van der Waals surface area contributed by atoms with E-state index in [9.17, 15) is 0 Å². The number of unbranched alkanes of at least 4 members (excludes halogenated alkanes) is 13.